The summed E-state index contributed by atoms with van der Waals surface area (Å²) in [4.78, 5) is 21.3. The molecular weight excluding hydrogens is 360 g/mol. The van der Waals surface area contributed by atoms with E-state index in [-0.39, 0.29) is 23.5 Å². The van der Waals surface area contributed by atoms with Crippen LogP contribution in [0.25, 0.3) is 0 Å². The number of hydrogen-bond donors (Lipinski definition) is 1. The highest BCUT2D eigenvalue weighted by molar-refractivity contribution is 7.89. The number of nitro benzene ring substituents is 1. The molecule has 2 rings (SSSR count). The van der Waals surface area contributed by atoms with Crippen LogP contribution in [-0.4, -0.2) is 41.8 Å². The fraction of sp³-hybridized carbons (Fsp3) is 0.235. The van der Waals surface area contributed by atoms with Crippen LogP contribution < -0.4 is 0 Å². The lowest BCUT2D eigenvalue weighted by atomic mass is 10.1. The highest BCUT2D eigenvalue weighted by Gasteiger charge is 2.26. The summed E-state index contributed by atoms with van der Waals surface area (Å²) in [6.07, 6.45) is 0.233. The number of carbonyl (C=O) groups is 1. The number of aliphatic carboxylic acids is 1. The van der Waals surface area contributed by atoms with Crippen molar-refractivity contribution in [3.05, 3.63) is 69.8 Å². The minimum absolute atomic E-state index is 0.0213. The largest absolute Gasteiger partial charge is 0.480 e. The first-order chi connectivity index (χ1) is 12.2. The lowest BCUT2D eigenvalue weighted by Gasteiger charge is -2.20. The number of benzene rings is 2. The number of nitrogens with zero attached hydrogens (tertiary/aromatic N) is 2. The van der Waals surface area contributed by atoms with E-state index in [2.05, 4.69) is 0 Å². The predicted octanol–water partition coefficient (Wildman–Crippen LogP) is 2.22. The van der Waals surface area contributed by atoms with Crippen molar-refractivity contribution in [2.24, 2.45) is 0 Å². The van der Waals surface area contributed by atoms with E-state index in [0.29, 0.717) is 5.56 Å². The third-order valence-electron chi connectivity index (χ3n) is 3.77. The topological polar surface area (TPSA) is 118 Å². The van der Waals surface area contributed by atoms with Gasteiger partial charge >= 0.3 is 5.97 Å². The van der Waals surface area contributed by atoms with Gasteiger partial charge in [0.25, 0.3) is 5.69 Å². The summed E-state index contributed by atoms with van der Waals surface area (Å²) in [5, 5.41) is 19.7. The maximum atomic E-state index is 12.7. The van der Waals surface area contributed by atoms with Crippen molar-refractivity contribution in [1.29, 1.82) is 0 Å². The minimum atomic E-state index is -3.96. The molecule has 0 atom stereocenters. The van der Waals surface area contributed by atoms with E-state index in [9.17, 15) is 23.3 Å². The Morgan fingerprint density at radius 1 is 1.12 bits per heavy atom. The second-order valence-electron chi connectivity index (χ2n) is 5.72. The third-order valence-corrected chi connectivity index (χ3v) is 5.63. The summed E-state index contributed by atoms with van der Waals surface area (Å²) < 4.78 is 26.3. The van der Waals surface area contributed by atoms with Crippen molar-refractivity contribution in [3.8, 4) is 0 Å². The molecule has 2 aromatic rings. The highest BCUT2D eigenvalue weighted by Crippen LogP contribution is 2.18. The molecule has 0 unspecified atom stereocenters. The first kappa shape index (κ1) is 19.5. The van der Waals surface area contributed by atoms with Crippen molar-refractivity contribution in [2.75, 3.05) is 13.1 Å². The Balaban J connectivity index is 2.20. The third kappa shape index (κ3) is 4.87. The molecule has 0 saturated carbocycles. The van der Waals surface area contributed by atoms with Gasteiger partial charge in [-0.1, -0.05) is 29.8 Å². The summed E-state index contributed by atoms with van der Waals surface area (Å²) in [6, 6.07) is 11.9. The first-order valence-corrected chi connectivity index (χ1v) is 9.16. The normalized spacial score (nSPS) is 11.5. The molecule has 0 heterocycles. The molecule has 8 nitrogen and oxygen atoms in total. The van der Waals surface area contributed by atoms with Crippen LogP contribution in [0.1, 0.15) is 11.1 Å². The maximum Gasteiger partial charge on any atom is 0.318 e. The van der Waals surface area contributed by atoms with Crippen LogP contribution in [0.2, 0.25) is 0 Å². The molecule has 0 radical (unpaired) electrons. The molecule has 1 N–H and O–H groups in total. The maximum absolute atomic E-state index is 12.7. The zero-order chi connectivity index (χ0) is 19.3. The number of hydrogen-bond acceptors (Lipinski definition) is 5. The minimum Gasteiger partial charge on any atom is -0.480 e. The SMILES string of the molecule is Cc1ccc(S(=O)(=O)N(CCc2ccc([N+](=O)[O-])cc2)CC(=O)O)cc1. The van der Waals surface area contributed by atoms with Crippen molar-refractivity contribution in [2.45, 2.75) is 18.2 Å². The Kier molecular flexibility index (Phi) is 6.06. The van der Waals surface area contributed by atoms with E-state index in [1.54, 1.807) is 12.1 Å². The van der Waals surface area contributed by atoms with Crippen LogP contribution in [0.15, 0.2) is 53.4 Å². The van der Waals surface area contributed by atoms with Gasteiger partial charge in [-0.3, -0.25) is 14.9 Å². The molecular formula is C17H18N2O6S. The number of carboxylic acid groups (broad SMARTS) is 1. The van der Waals surface area contributed by atoms with E-state index in [1.807, 2.05) is 6.92 Å². The van der Waals surface area contributed by atoms with Crippen LogP contribution in [0, 0.1) is 17.0 Å². The van der Waals surface area contributed by atoms with Crippen LogP contribution >= 0.6 is 0 Å². The monoisotopic (exact) mass is 378 g/mol. The number of nitro groups is 1. The number of aryl methyl sites for hydroxylation is 1. The highest BCUT2D eigenvalue weighted by atomic mass is 32.2. The van der Waals surface area contributed by atoms with Crippen molar-refractivity contribution in [1.82, 2.24) is 4.31 Å². The number of sulfonamides is 1. The Morgan fingerprint density at radius 3 is 2.19 bits per heavy atom. The number of rotatable bonds is 8. The van der Waals surface area contributed by atoms with Gasteiger partial charge in [0, 0.05) is 18.7 Å². The molecule has 0 aliphatic carbocycles. The van der Waals surface area contributed by atoms with Crippen molar-refractivity contribution < 1.29 is 23.2 Å². The average Bonchev–Trinajstić information content (AvgIpc) is 2.59. The van der Waals surface area contributed by atoms with Crippen LogP contribution in [-0.2, 0) is 21.2 Å². The Morgan fingerprint density at radius 2 is 1.69 bits per heavy atom. The van der Waals surface area contributed by atoms with Crippen LogP contribution in [0.4, 0.5) is 5.69 Å². The molecule has 0 fully saturated rings. The van der Waals surface area contributed by atoms with Gasteiger partial charge in [0.05, 0.1) is 9.82 Å². The van der Waals surface area contributed by atoms with Gasteiger partial charge in [-0.15, -0.1) is 0 Å². The Hall–Kier alpha value is -2.78. The summed E-state index contributed by atoms with van der Waals surface area (Å²) in [5.41, 5.74) is 1.49. The molecule has 26 heavy (non-hydrogen) atoms. The zero-order valence-electron chi connectivity index (χ0n) is 14.0. The quantitative estimate of drug-likeness (QED) is 0.556. The van der Waals surface area contributed by atoms with E-state index in [1.165, 1.54) is 36.4 Å². The Labute approximate surface area is 150 Å². The second-order valence-corrected chi connectivity index (χ2v) is 7.66. The lowest BCUT2D eigenvalue weighted by Crippen LogP contribution is -2.37. The van der Waals surface area contributed by atoms with E-state index < -0.39 is 27.5 Å². The van der Waals surface area contributed by atoms with E-state index in [0.717, 1.165) is 9.87 Å². The van der Waals surface area contributed by atoms with Crippen molar-refractivity contribution in [3.63, 3.8) is 0 Å². The molecule has 0 aliphatic heterocycles. The fourth-order valence-electron chi connectivity index (χ4n) is 2.33. The summed E-state index contributed by atoms with van der Waals surface area (Å²) in [6.45, 7) is 1.10. The van der Waals surface area contributed by atoms with Crippen LogP contribution in [0.5, 0.6) is 0 Å². The van der Waals surface area contributed by atoms with Gasteiger partial charge in [-0.25, -0.2) is 8.42 Å². The van der Waals surface area contributed by atoms with Gasteiger partial charge < -0.3 is 5.11 Å². The predicted molar refractivity (Wildman–Crippen MR) is 94.4 cm³/mol. The Bertz CT molecular complexity index is 892. The van der Waals surface area contributed by atoms with Gasteiger partial charge in [0.1, 0.15) is 6.54 Å². The molecule has 0 aromatic heterocycles. The molecule has 0 aliphatic rings. The van der Waals surface area contributed by atoms with Gasteiger partial charge in [-0.05, 0) is 31.0 Å². The van der Waals surface area contributed by atoms with Gasteiger partial charge in [-0.2, -0.15) is 4.31 Å². The molecule has 138 valence electrons. The fourth-order valence-corrected chi connectivity index (χ4v) is 3.72. The average molecular weight is 378 g/mol. The lowest BCUT2D eigenvalue weighted by molar-refractivity contribution is -0.384. The smallest absolute Gasteiger partial charge is 0.318 e. The zero-order valence-corrected chi connectivity index (χ0v) is 14.8. The first-order valence-electron chi connectivity index (χ1n) is 7.72. The second kappa shape index (κ2) is 8.07. The number of carboxylic acids is 1. The molecule has 2 aromatic carbocycles. The summed E-state index contributed by atoms with van der Waals surface area (Å²) in [5.74, 6) is -1.26. The molecule has 0 spiro atoms. The molecule has 0 amide bonds. The molecule has 0 saturated heterocycles. The number of non-ortho nitro benzene ring substituents is 1. The standard InChI is InChI=1S/C17H18N2O6S/c1-13-2-8-16(9-3-13)26(24,25)18(12-17(20)21)11-10-14-4-6-15(7-5-14)19(22)23/h2-9H,10-12H2,1H3,(H,20,21). The van der Waals surface area contributed by atoms with Gasteiger partial charge in [0.2, 0.25) is 10.0 Å². The van der Waals surface area contributed by atoms with Gasteiger partial charge in [0.15, 0.2) is 0 Å². The van der Waals surface area contributed by atoms with E-state index >= 15 is 0 Å². The van der Waals surface area contributed by atoms with E-state index in [4.69, 9.17) is 5.11 Å². The van der Waals surface area contributed by atoms with Crippen molar-refractivity contribution >= 4 is 21.7 Å². The molecule has 0 bridgehead atoms. The molecule has 9 heteroatoms. The van der Waals surface area contributed by atoms with Crippen LogP contribution in [0.3, 0.4) is 0 Å². The summed E-state index contributed by atoms with van der Waals surface area (Å²) in [7, 11) is -3.96. The summed E-state index contributed by atoms with van der Waals surface area (Å²) >= 11 is 0.